The highest BCUT2D eigenvalue weighted by Gasteiger charge is 2.23. The molecule has 4 aromatic rings. The molecule has 0 aliphatic carbocycles. The summed E-state index contributed by atoms with van der Waals surface area (Å²) in [5.74, 6) is -0.417. The molecule has 0 fully saturated rings. The molecule has 32 heavy (non-hydrogen) atoms. The molecule has 0 aliphatic heterocycles. The number of nitrogens with one attached hydrogen (secondary N) is 1. The van der Waals surface area contributed by atoms with Crippen LogP contribution in [0.25, 0.3) is 33.2 Å². The number of aliphatic hydroxyl groups excluding tert-OH is 4. The normalized spacial score (nSPS) is 13.5. The molecule has 9 heteroatoms. The number of fused-ring (bicyclic) bond motifs is 2. The Kier molecular flexibility index (Phi) is 6.24. The minimum absolute atomic E-state index is 0.167. The second-order valence-electron chi connectivity index (χ2n) is 7.89. The fourth-order valence-corrected chi connectivity index (χ4v) is 3.89. The minimum Gasteiger partial charge on any atom is -0.394 e. The molecule has 2 atom stereocenters. The number of aryl methyl sites for hydroxylation is 1. The third-order valence-corrected chi connectivity index (χ3v) is 5.49. The number of carbonyl (C=O) groups is 1. The van der Waals surface area contributed by atoms with E-state index in [1.54, 1.807) is 18.3 Å². The van der Waals surface area contributed by atoms with Crippen LogP contribution in [0.5, 0.6) is 0 Å². The van der Waals surface area contributed by atoms with Crippen LogP contribution in [0.2, 0.25) is 0 Å². The van der Waals surface area contributed by atoms with Crippen LogP contribution in [-0.4, -0.2) is 84.3 Å². The Morgan fingerprint density at radius 3 is 2.50 bits per heavy atom. The van der Waals surface area contributed by atoms with Crippen molar-refractivity contribution in [3.05, 3.63) is 54.4 Å². The quantitative estimate of drug-likeness (QED) is 0.277. The van der Waals surface area contributed by atoms with Gasteiger partial charge in [-0.25, -0.2) is 4.98 Å². The van der Waals surface area contributed by atoms with Crippen molar-refractivity contribution >= 4 is 27.8 Å². The van der Waals surface area contributed by atoms with Crippen molar-refractivity contribution in [1.82, 2.24) is 19.4 Å². The number of aromatic amines is 1. The molecule has 3 heterocycles. The zero-order chi connectivity index (χ0) is 22.8. The summed E-state index contributed by atoms with van der Waals surface area (Å²) in [5, 5.41) is 39.9. The fraction of sp³-hybridized carbons (Fsp3) is 0.304. The smallest absolute Gasteiger partial charge is 0.254 e. The topological polar surface area (TPSA) is 135 Å². The summed E-state index contributed by atoms with van der Waals surface area (Å²) in [5.41, 5.74) is 3.86. The molecule has 0 radical (unpaired) electrons. The van der Waals surface area contributed by atoms with Crippen LogP contribution in [0.15, 0.2) is 48.8 Å². The molecule has 0 spiro atoms. The Balaban J connectivity index is 1.74. The number of benzene rings is 1. The number of amides is 1. The van der Waals surface area contributed by atoms with Gasteiger partial charge in [-0.3, -0.25) is 4.79 Å². The lowest BCUT2D eigenvalue weighted by Crippen LogP contribution is -2.43. The molecule has 168 valence electrons. The zero-order valence-corrected chi connectivity index (χ0v) is 17.6. The van der Waals surface area contributed by atoms with Gasteiger partial charge in [0.15, 0.2) is 0 Å². The molecule has 9 nitrogen and oxygen atoms in total. The summed E-state index contributed by atoms with van der Waals surface area (Å²) in [6.45, 7) is -1.37. The number of hydrogen-bond acceptors (Lipinski definition) is 6. The van der Waals surface area contributed by atoms with Crippen molar-refractivity contribution in [1.29, 1.82) is 0 Å². The minimum atomic E-state index is -1.15. The van der Waals surface area contributed by atoms with Crippen molar-refractivity contribution in [3.8, 4) is 11.3 Å². The summed E-state index contributed by atoms with van der Waals surface area (Å²) in [6, 6.07) is 11.2. The highest BCUT2D eigenvalue weighted by Crippen LogP contribution is 2.32. The van der Waals surface area contributed by atoms with Gasteiger partial charge in [0.2, 0.25) is 0 Å². The standard InChI is InChI=1S/C23H26N4O5/c1-26-11-19(20-8-14-3-2-6-24-22(14)25-20)18-7-15(4-5-21(18)26)23(32)27(9-16(30)12-28)10-17(31)13-29/h2-8,11,16-17,28-31H,9-10,12-13H2,1H3,(H,24,25). The summed E-state index contributed by atoms with van der Waals surface area (Å²) < 4.78 is 1.97. The van der Waals surface area contributed by atoms with Crippen LogP contribution in [0.4, 0.5) is 0 Å². The average molecular weight is 438 g/mol. The van der Waals surface area contributed by atoms with Crippen LogP contribution >= 0.6 is 0 Å². The van der Waals surface area contributed by atoms with Crippen molar-refractivity contribution in [2.75, 3.05) is 26.3 Å². The van der Waals surface area contributed by atoms with Gasteiger partial charge in [0.05, 0.1) is 25.4 Å². The van der Waals surface area contributed by atoms with E-state index in [4.69, 9.17) is 0 Å². The first-order chi connectivity index (χ1) is 15.4. The molecule has 3 aromatic heterocycles. The number of rotatable bonds is 8. The van der Waals surface area contributed by atoms with E-state index in [2.05, 4.69) is 9.97 Å². The molecule has 1 aromatic carbocycles. The predicted octanol–water partition coefficient (Wildman–Crippen LogP) is 0.870. The number of carbonyl (C=O) groups excluding carboxylic acids is 1. The molecule has 5 N–H and O–H groups in total. The van der Waals surface area contributed by atoms with Crippen LogP contribution < -0.4 is 0 Å². The van der Waals surface area contributed by atoms with E-state index in [1.807, 2.05) is 42.1 Å². The number of nitrogens with zero attached hydrogens (tertiary/aromatic N) is 3. The molecule has 2 unspecified atom stereocenters. The monoisotopic (exact) mass is 438 g/mol. The third kappa shape index (κ3) is 4.23. The Labute approximate surface area is 184 Å². The number of pyridine rings is 1. The zero-order valence-electron chi connectivity index (χ0n) is 17.6. The Morgan fingerprint density at radius 1 is 1.12 bits per heavy atom. The lowest BCUT2D eigenvalue weighted by molar-refractivity contribution is 0.0210. The number of hydrogen-bond donors (Lipinski definition) is 5. The molecule has 0 aliphatic rings. The van der Waals surface area contributed by atoms with Gasteiger partial charge in [-0.1, -0.05) is 0 Å². The molecule has 1 amide bonds. The lowest BCUT2D eigenvalue weighted by atomic mass is 10.1. The van der Waals surface area contributed by atoms with Crippen molar-refractivity contribution in [3.63, 3.8) is 0 Å². The van der Waals surface area contributed by atoms with E-state index >= 15 is 0 Å². The van der Waals surface area contributed by atoms with Crippen molar-refractivity contribution < 1.29 is 25.2 Å². The van der Waals surface area contributed by atoms with E-state index in [0.29, 0.717) is 5.56 Å². The van der Waals surface area contributed by atoms with Crippen LogP contribution in [0, 0.1) is 0 Å². The van der Waals surface area contributed by atoms with Gasteiger partial charge in [-0.15, -0.1) is 0 Å². The summed E-state index contributed by atoms with van der Waals surface area (Å²) >= 11 is 0. The second kappa shape index (κ2) is 9.09. The third-order valence-electron chi connectivity index (χ3n) is 5.49. The van der Waals surface area contributed by atoms with E-state index in [-0.39, 0.29) is 13.1 Å². The van der Waals surface area contributed by atoms with Gasteiger partial charge in [-0.2, -0.15) is 0 Å². The van der Waals surface area contributed by atoms with Gasteiger partial charge >= 0.3 is 0 Å². The Bertz CT molecular complexity index is 1200. The highest BCUT2D eigenvalue weighted by atomic mass is 16.3. The number of aromatic nitrogens is 3. The second-order valence-corrected chi connectivity index (χ2v) is 7.89. The van der Waals surface area contributed by atoms with Crippen LogP contribution in [0.3, 0.4) is 0 Å². The Hall–Kier alpha value is -3.24. The lowest BCUT2D eigenvalue weighted by Gasteiger charge is -2.26. The van der Waals surface area contributed by atoms with Gasteiger partial charge in [-0.05, 0) is 36.4 Å². The molecule has 0 saturated carbocycles. The van der Waals surface area contributed by atoms with Gasteiger partial charge in [0, 0.05) is 65.6 Å². The molecule has 0 saturated heterocycles. The maximum absolute atomic E-state index is 13.2. The Morgan fingerprint density at radius 2 is 1.84 bits per heavy atom. The first kappa shape index (κ1) is 22.0. The average Bonchev–Trinajstić information content (AvgIpc) is 3.38. The summed E-state index contributed by atoms with van der Waals surface area (Å²) in [4.78, 5) is 22.1. The summed E-state index contributed by atoms with van der Waals surface area (Å²) in [6.07, 6.45) is 1.39. The van der Waals surface area contributed by atoms with Gasteiger partial charge < -0.3 is 34.9 Å². The highest BCUT2D eigenvalue weighted by molar-refractivity contribution is 6.03. The fourth-order valence-electron chi connectivity index (χ4n) is 3.89. The molecule has 0 bridgehead atoms. The van der Waals surface area contributed by atoms with Crippen molar-refractivity contribution in [2.45, 2.75) is 12.2 Å². The summed E-state index contributed by atoms with van der Waals surface area (Å²) in [7, 11) is 1.93. The first-order valence-corrected chi connectivity index (χ1v) is 10.3. The number of H-pyrrole nitrogens is 1. The van der Waals surface area contributed by atoms with E-state index in [1.165, 1.54) is 4.90 Å². The van der Waals surface area contributed by atoms with E-state index in [0.717, 1.165) is 33.2 Å². The van der Waals surface area contributed by atoms with E-state index < -0.39 is 31.3 Å². The van der Waals surface area contributed by atoms with Crippen LogP contribution in [-0.2, 0) is 7.05 Å². The van der Waals surface area contributed by atoms with E-state index in [9.17, 15) is 25.2 Å². The van der Waals surface area contributed by atoms with Gasteiger partial charge in [0.1, 0.15) is 5.65 Å². The molecule has 4 rings (SSSR count). The SMILES string of the molecule is Cn1cc(-c2cc3cccnc3[nH]2)c2cc(C(=O)N(CC(O)CO)CC(O)CO)ccc21. The van der Waals surface area contributed by atoms with Crippen LogP contribution in [0.1, 0.15) is 10.4 Å². The molecular formula is C23H26N4O5. The first-order valence-electron chi connectivity index (χ1n) is 10.3. The van der Waals surface area contributed by atoms with Gasteiger partial charge in [0.25, 0.3) is 5.91 Å². The predicted molar refractivity (Wildman–Crippen MR) is 120 cm³/mol. The molecular weight excluding hydrogens is 412 g/mol. The van der Waals surface area contributed by atoms with Crippen molar-refractivity contribution in [2.24, 2.45) is 7.05 Å². The largest absolute Gasteiger partial charge is 0.394 e. The maximum Gasteiger partial charge on any atom is 0.254 e. The number of aliphatic hydroxyl groups is 4. The maximum atomic E-state index is 13.2.